The lowest BCUT2D eigenvalue weighted by atomic mass is 10.2. The molecule has 0 radical (unpaired) electrons. The average Bonchev–Trinajstić information content (AvgIpc) is 3.15. The highest BCUT2D eigenvalue weighted by Gasteiger charge is 2.15. The Labute approximate surface area is 169 Å². The van der Waals surface area contributed by atoms with Crippen molar-refractivity contribution >= 4 is 39.6 Å². The smallest absolute Gasteiger partial charge is 0.224 e. The van der Waals surface area contributed by atoms with E-state index in [1.165, 1.54) is 18.6 Å². The van der Waals surface area contributed by atoms with Crippen molar-refractivity contribution in [1.29, 1.82) is 0 Å². The van der Waals surface area contributed by atoms with Crippen molar-refractivity contribution in [2.24, 2.45) is 4.99 Å². The van der Waals surface area contributed by atoms with Crippen LogP contribution in [0.25, 0.3) is 0 Å². The third-order valence-corrected chi connectivity index (χ3v) is 6.40. The lowest BCUT2D eigenvalue weighted by molar-refractivity contribution is -0.130. The summed E-state index contributed by atoms with van der Waals surface area (Å²) in [5.74, 6) is 2.18. The molecule has 1 atom stereocenters. The number of carbonyl (C=O) groups is 1. The number of nitrogens with one attached hydrogen (secondary N) is 2. The van der Waals surface area contributed by atoms with Gasteiger partial charge in [-0.25, -0.2) is 0 Å². The monoisotopic (exact) mass is 440 g/mol. The van der Waals surface area contributed by atoms with E-state index >= 15 is 0 Å². The lowest BCUT2D eigenvalue weighted by Gasteiger charge is -2.19. The van der Waals surface area contributed by atoms with Gasteiger partial charge in [0.25, 0.3) is 0 Å². The molecule has 1 amide bonds. The van der Waals surface area contributed by atoms with E-state index in [2.05, 4.69) is 38.5 Å². The summed E-state index contributed by atoms with van der Waals surface area (Å²) in [4.78, 5) is 18.8. The number of carbonyl (C=O) groups excluding carboxylic acids is 1. The standard InChI is InChI=1S/C19H29BrN4OS/c1-3-21-19(23-13-16-8-6-12-26-16)22-11-10-18(25)24(2)14-15-7-4-5-9-17(15)20/h4-5,7,9,16H,3,6,8,10-14H2,1-2H3,(H2,21,22,23). The van der Waals surface area contributed by atoms with Crippen LogP contribution in [0.4, 0.5) is 0 Å². The number of benzene rings is 1. The van der Waals surface area contributed by atoms with Crippen LogP contribution in [-0.2, 0) is 11.3 Å². The second-order valence-electron chi connectivity index (χ2n) is 6.37. The summed E-state index contributed by atoms with van der Waals surface area (Å²) in [5, 5.41) is 7.18. The van der Waals surface area contributed by atoms with Crippen molar-refractivity contribution in [2.75, 3.05) is 32.4 Å². The molecule has 5 nitrogen and oxygen atoms in total. The summed E-state index contributed by atoms with van der Waals surface area (Å²) in [7, 11) is 1.85. The van der Waals surface area contributed by atoms with Crippen LogP contribution in [0.3, 0.4) is 0 Å². The molecule has 7 heteroatoms. The van der Waals surface area contributed by atoms with Crippen LogP contribution in [0.5, 0.6) is 0 Å². The number of hydrogen-bond acceptors (Lipinski definition) is 3. The lowest BCUT2D eigenvalue weighted by Crippen LogP contribution is -2.39. The van der Waals surface area contributed by atoms with Gasteiger partial charge in [-0.15, -0.1) is 0 Å². The highest BCUT2D eigenvalue weighted by atomic mass is 79.9. The molecule has 0 bridgehead atoms. The zero-order valence-electron chi connectivity index (χ0n) is 15.6. The summed E-state index contributed by atoms with van der Waals surface area (Å²) in [6, 6.07) is 7.99. The van der Waals surface area contributed by atoms with Gasteiger partial charge in [-0.05, 0) is 37.1 Å². The SMILES string of the molecule is CCNC(=NCC1CCCS1)NCCC(=O)N(C)Cc1ccccc1Br. The number of guanidine groups is 1. The van der Waals surface area contributed by atoms with Crippen LogP contribution in [-0.4, -0.2) is 54.5 Å². The largest absolute Gasteiger partial charge is 0.357 e. The van der Waals surface area contributed by atoms with Gasteiger partial charge >= 0.3 is 0 Å². The molecule has 1 aliphatic heterocycles. The number of amides is 1. The Balaban J connectivity index is 1.75. The maximum atomic E-state index is 12.4. The summed E-state index contributed by atoms with van der Waals surface area (Å²) in [6.45, 7) is 4.91. The Morgan fingerprint density at radius 2 is 2.19 bits per heavy atom. The molecule has 1 fully saturated rings. The van der Waals surface area contributed by atoms with Crippen LogP contribution in [0, 0.1) is 0 Å². The van der Waals surface area contributed by atoms with Gasteiger partial charge in [-0.3, -0.25) is 9.79 Å². The molecular weight excluding hydrogens is 412 g/mol. The van der Waals surface area contributed by atoms with E-state index in [0.29, 0.717) is 24.8 Å². The molecule has 0 aliphatic carbocycles. The molecule has 0 saturated carbocycles. The number of aliphatic imine (C=N–C) groups is 1. The Hall–Kier alpha value is -1.21. The van der Waals surface area contributed by atoms with Crippen molar-refractivity contribution in [2.45, 2.75) is 38.0 Å². The molecule has 2 rings (SSSR count). The predicted molar refractivity (Wildman–Crippen MR) is 115 cm³/mol. The second kappa shape index (κ2) is 11.5. The third kappa shape index (κ3) is 7.19. The normalized spacial score (nSPS) is 17.2. The van der Waals surface area contributed by atoms with E-state index < -0.39 is 0 Å². The molecule has 1 aromatic rings. The minimum atomic E-state index is 0.121. The number of rotatable bonds is 8. The average molecular weight is 441 g/mol. The Kier molecular flexibility index (Phi) is 9.32. The fourth-order valence-corrected chi connectivity index (χ4v) is 4.36. The number of nitrogens with zero attached hydrogens (tertiary/aromatic N) is 2. The first-order valence-corrected chi connectivity index (χ1v) is 11.1. The number of hydrogen-bond donors (Lipinski definition) is 2. The first-order chi connectivity index (χ1) is 12.6. The third-order valence-electron chi connectivity index (χ3n) is 4.24. The first-order valence-electron chi connectivity index (χ1n) is 9.21. The number of halogens is 1. The maximum Gasteiger partial charge on any atom is 0.224 e. The minimum Gasteiger partial charge on any atom is -0.357 e. The van der Waals surface area contributed by atoms with E-state index in [0.717, 1.165) is 29.1 Å². The van der Waals surface area contributed by atoms with Crippen LogP contribution >= 0.6 is 27.7 Å². The molecule has 1 aliphatic rings. The highest BCUT2D eigenvalue weighted by molar-refractivity contribution is 9.10. The molecule has 0 aromatic heterocycles. The van der Waals surface area contributed by atoms with Gasteiger partial charge in [0.05, 0.1) is 6.54 Å². The first kappa shape index (κ1) is 21.1. The molecule has 0 spiro atoms. The molecule has 1 heterocycles. The fourth-order valence-electron chi connectivity index (χ4n) is 2.77. The Bertz CT molecular complexity index is 605. The molecule has 2 N–H and O–H groups in total. The maximum absolute atomic E-state index is 12.4. The quantitative estimate of drug-likeness (QED) is 0.481. The highest BCUT2D eigenvalue weighted by Crippen LogP contribution is 2.26. The zero-order chi connectivity index (χ0) is 18.8. The molecule has 1 saturated heterocycles. The summed E-state index contributed by atoms with van der Waals surface area (Å²) >= 11 is 5.54. The molecule has 144 valence electrons. The fraction of sp³-hybridized carbons (Fsp3) is 0.579. The van der Waals surface area contributed by atoms with Gasteiger partial charge in [0.1, 0.15) is 0 Å². The van der Waals surface area contributed by atoms with E-state index in [1.54, 1.807) is 4.90 Å². The summed E-state index contributed by atoms with van der Waals surface area (Å²) < 4.78 is 1.03. The van der Waals surface area contributed by atoms with Crippen molar-refractivity contribution in [3.05, 3.63) is 34.3 Å². The topological polar surface area (TPSA) is 56.7 Å². The van der Waals surface area contributed by atoms with Gasteiger partial charge in [0.15, 0.2) is 5.96 Å². The van der Waals surface area contributed by atoms with E-state index in [-0.39, 0.29) is 5.91 Å². The van der Waals surface area contributed by atoms with Crippen molar-refractivity contribution in [3.63, 3.8) is 0 Å². The van der Waals surface area contributed by atoms with Crippen LogP contribution in [0.1, 0.15) is 31.7 Å². The van der Waals surface area contributed by atoms with Gasteiger partial charge in [-0.2, -0.15) is 11.8 Å². The molecular formula is C19H29BrN4OS. The van der Waals surface area contributed by atoms with Crippen LogP contribution in [0.15, 0.2) is 33.7 Å². The Morgan fingerprint density at radius 3 is 2.88 bits per heavy atom. The van der Waals surface area contributed by atoms with Gasteiger partial charge in [0, 0.05) is 42.8 Å². The molecule has 1 aromatic carbocycles. The summed E-state index contributed by atoms with van der Waals surface area (Å²) in [5.41, 5.74) is 1.11. The van der Waals surface area contributed by atoms with Gasteiger partial charge in [0.2, 0.25) is 5.91 Å². The van der Waals surface area contributed by atoms with Crippen molar-refractivity contribution < 1.29 is 4.79 Å². The molecule has 1 unspecified atom stereocenters. The minimum absolute atomic E-state index is 0.121. The van der Waals surface area contributed by atoms with Gasteiger partial charge in [-0.1, -0.05) is 34.1 Å². The van der Waals surface area contributed by atoms with Gasteiger partial charge < -0.3 is 15.5 Å². The summed E-state index contributed by atoms with van der Waals surface area (Å²) in [6.07, 6.45) is 3.00. The van der Waals surface area contributed by atoms with Crippen LogP contribution in [0.2, 0.25) is 0 Å². The number of thioether (sulfide) groups is 1. The van der Waals surface area contributed by atoms with E-state index in [4.69, 9.17) is 0 Å². The Morgan fingerprint density at radius 1 is 1.38 bits per heavy atom. The molecule has 26 heavy (non-hydrogen) atoms. The van der Waals surface area contributed by atoms with Crippen LogP contribution < -0.4 is 10.6 Å². The van der Waals surface area contributed by atoms with E-state index in [1.807, 2.05) is 43.1 Å². The second-order valence-corrected chi connectivity index (χ2v) is 8.64. The zero-order valence-corrected chi connectivity index (χ0v) is 18.0. The van der Waals surface area contributed by atoms with E-state index in [9.17, 15) is 4.79 Å². The predicted octanol–water partition coefficient (Wildman–Crippen LogP) is 3.25. The van der Waals surface area contributed by atoms with Crippen molar-refractivity contribution in [1.82, 2.24) is 15.5 Å². The van der Waals surface area contributed by atoms with Crippen molar-refractivity contribution in [3.8, 4) is 0 Å².